The van der Waals surface area contributed by atoms with Crippen molar-refractivity contribution >= 4 is 5.78 Å². The number of hydrogen-bond donors (Lipinski definition) is 2. The van der Waals surface area contributed by atoms with Crippen molar-refractivity contribution in [3.05, 3.63) is 35.4 Å². The van der Waals surface area contributed by atoms with Crippen molar-refractivity contribution in [2.24, 2.45) is 0 Å². The summed E-state index contributed by atoms with van der Waals surface area (Å²) in [6.07, 6.45) is -1.81. The molecule has 1 rings (SSSR count). The number of carbonyl (C=O) groups excluding carboxylic acids is 1. The maximum Gasteiger partial charge on any atom is 0.167 e. The fourth-order valence-corrected chi connectivity index (χ4v) is 1.02. The second-order valence-electron chi connectivity index (χ2n) is 2.97. The number of aryl methyl sites for hydroxylation is 1. The van der Waals surface area contributed by atoms with Gasteiger partial charge < -0.3 is 10.2 Å². The van der Waals surface area contributed by atoms with Crippen LogP contribution in [0.5, 0.6) is 0 Å². The Hall–Kier alpha value is -1.19. The number of aliphatic hydroxyl groups is 2. The highest BCUT2D eigenvalue weighted by atomic mass is 16.5. The number of aliphatic hydroxyl groups excluding tert-OH is 1. The number of Topliss-reactive ketones (excluding diaryl/α,β-unsaturated/α-hetero) is 1. The minimum absolute atomic E-state index is 0.247. The molecule has 70 valence electrons. The van der Waals surface area contributed by atoms with Gasteiger partial charge in [-0.05, 0) is 6.92 Å². The Bertz CT molecular complexity index is 288. The molecule has 0 unspecified atom stereocenters. The molecule has 2 N–H and O–H groups in total. The number of benzene rings is 1. The van der Waals surface area contributed by atoms with Crippen LogP contribution in [0.3, 0.4) is 0 Å². The second-order valence-corrected chi connectivity index (χ2v) is 2.97. The SMILES string of the molecule is Cc1ccc(C(=O)CC(O)O)cc1. The van der Waals surface area contributed by atoms with Crippen LogP contribution in [0, 0.1) is 6.92 Å². The van der Waals surface area contributed by atoms with E-state index in [4.69, 9.17) is 10.2 Å². The third-order valence-electron chi connectivity index (χ3n) is 1.74. The smallest absolute Gasteiger partial charge is 0.167 e. The number of carbonyl (C=O) groups is 1. The monoisotopic (exact) mass is 180 g/mol. The molecule has 13 heavy (non-hydrogen) atoms. The van der Waals surface area contributed by atoms with Gasteiger partial charge in [-0.15, -0.1) is 0 Å². The van der Waals surface area contributed by atoms with E-state index in [1.165, 1.54) is 0 Å². The van der Waals surface area contributed by atoms with E-state index in [0.29, 0.717) is 5.56 Å². The normalized spacial score (nSPS) is 10.5. The van der Waals surface area contributed by atoms with Crippen LogP contribution in [0.15, 0.2) is 24.3 Å². The van der Waals surface area contributed by atoms with Crippen LogP contribution in [0.2, 0.25) is 0 Å². The van der Waals surface area contributed by atoms with Crippen LogP contribution >= 0.6 is 0 Å². The highest BCUT2D eigenvalue weighted by molar-refractivity contribution is 5.96. The molecule has 1 aromatic rings. The maximum atomic E-state index is 11.2. The summed E-state index contributed by atoms with van der Waals surface area (Å²) in [5, 5.41) is 17.1. The van der Waals surface area contributed by atoms with Gasteiger partial charge in [0.05, 0.1) is 6.42 Å². The van der Waals surface area contributed by atoms with Gasteiger partial charge in [0.1, 0.15) is 0 Å². The molecule has 3 nitrogen and oxygen atoms in total. The third-order valence-corrected chi connectivity index (χ3v) is 1.74. The molecule has 0 aliphatic rings. The van der Waals surface area contributed by atoms with Crippen LogP contribution in [0.4, 0.5) is 0 Å². The molecule has 0 amide bonds. The van der Waals surface area contributed by atoms with Gasteiger partial charge in [0.2, 0.25) is 0 Å². The molecule has 0 saturated heterocycles. The first-order valence-corrected chi connectivity index (χ1v) is 4.05. The van der Waals surface area contributed by atoms with Crippen molar-refractivity contribution in [1.82, 2.24) is 0 Å². The summed E-state index contributed by atoms with van der Waals surface area (Å²) in [4.78, 5) is 11.2. The van der Waals surface area contributed by atoms with E-state index in [0.717, 1.165) is 5.56 Å². The number of ketones is 1. The van der Waals surface area contributed by atoms with E-state index in [1.807, 2.05) is 19.1 Å². The summed E-state index contributed by atoms with van der Waals surface area (Å²) < 4.78 is 0. The van der Waals surface area contributed by atoms with Crippen molar-refractivity contribution in [2.75, 3.05) is 0 Å². The maximum absolute atomic E-state index is 11.2. The molecule has 0 bridgehead atoms. The molecule has 0 saturated carbocycles. The van der Waals surface area contributed by atoms with E-state index >= 15 is 0 Å². The van der Waals surface area contributed by atoms with Crippen molar-refractivity contribution < 1.29 is 15.0 Å². The average molecular weight is 180 g/mol. The zero-order valence-electron chi connectivity index (χ0n) is 7.40. The molecule has 0 aliphatic heterocycles. The van der Waals surface area contributed by atoms with Crippen LogP contribution in [0.25, 0.3) is 0 Å². The summed E-state index contributed by atoms with van der Waals surface area (Å²) in [7, 11) is 0. The highest BCUT2D eigenvalue weighted by Gasteiger charge is 2.09. The van der Waals surface area contributed by atoms with Gasteiger partial charge in [-0.3, -0.25) is 4.79 Å². The summed E-state index contributed by atoms with van der Waals surface area (Å²) in [5.41, 5.74) is 1.58. The third kappa shape index (κ3) is 2.97. The van der Waals surface area contributed by atoms with Crippen LogP contribution in [-0.2, 0) is 0 Å². The van der Waals surface area contributed by atoms with Gasteiger partial charge in [-0.1, -0.05) is 29.8 Å². The first kappa shape index (κ1) is 9.89. The minimum Gasteiger partial charge on any atom is -0.368 e. The molecular formula is C10H12O3. The lowest BCUT2D eigenvalue weighted by Crippen LogP contribution is -2.12. The summed E-state index contributed by atoms with van der Waals surface area (Å²) >= 11 is 0. The lowest BCUT2D eigenvalue weighted by Gasteiger charge is -2.02. The fourth-order valence-electron chi connectivity index (χ4n) is 1.02. The van der Waals surface area contributed by atoms with Gasteiger partial charge in [0.25, 0.3) is 0 Å². The van der Waals surface area contributed by atoms with E-state index in [2.05, 4.69) is 0 Å². The minimum atomic E-state index is -1.56. The first-order valence-electron chi connectivity index (χ1n) is 4.05. The Kier molecular flexibility index (Phi) is 3.17. The number of rotatable bonds is 3. The Morgan fingerprint density at radius 1 is 1.31 bits per heavy atom. The molecule has 0 fully saturated rings. The summed E-state index contributed by atoms with van der Waals surface area (Å²) in [5.74, 6) is -0.255. The molecule has 0 aromatic heterocycles. The Labute approximate surface area is 76.6 Å². The van der Waals surface area contributed by atoms with Crippen molar-refractivity contribution in [2.45, 2.75) is 19.6 Å². The summed E-state index contributed by atoms with van der Waals surface area (Å²) in [6, 6.07) is 6.99. The van der Waals surface area contributed by atoms with Crippen LogP contribution < -0.4 is 0 Å². The number of hydrogen-bond acceptors (Lipinski definition) is 3. The topological polar surface area (TPSA) is 57.5 Å². The zero-order valence-corrected chi connectivity index (χ0v) is 7.40. The predicted molar refractivity (Wildman–Crippen MR) is 48.4 cm³/mol. The predicted octanol–water partition coefficient (Wildman–Crippen LogP) is 0.879. The van der Waals surface area contributed by atoms with Gasteiger partial charge in [-0.2, -0.15) is 0 Å². The summed E-state index contributed by atoms with van der Waals surface area (Å²) in [6.45, 7) is 1.93. The fraction of sp³-hybridized carbons (Fsp3) is 0.300. The standard InChI is InChI=1S/C10H12O3/c1-7-2-4-8(5-3-7)9(11)6-10(12)13/h2-5,10,12-13H,6H2,1H3. The van der Waals surface area contributed by atoms with E-state index in [-0.39, 0.29) is 12.2 Å². The molecule has 0 radical (unpaired) electrons. The van der Waals surface area contributed by atoms with Crippen LogP contribution in [-0.4, -0.2) is 22.3 Å². The van der Waals surface area contributed by atoms with Crippen molar-refractivity contribution in [3.63, 3.8) is 0 Å². The van der Waals surface area contributed by atoms with Gasteiger partial charge in [-0.25, -0.2) is 0 Å². The van der Waals surface area contributed by atoms with E-state index in [9.17, 15) is 4.79 Å². The molecule has 0 aliphatic carbocycles. The Balaban J connectivity index is 2.72. The van der Waals surface area contributed by atoms with Crippen molar-refractivity contribution in [1.29, 1.82) is 0 Å². The van der Waals surface area contributed by atoms with Gasteiger partial charge >= 0.3 is 0 Å². The second kappa shape index (κ2) is 4.16. The molecule has 0 heterocycles. The van der Waals surface area contributed by atoms with Gasteiger partial charge in [0, 0.05) is 5.56 Å². The Morgan fingerprint density at radius 2 is 1.85 bits per heavy atom. The average Bonchev–Trinajstić information content (AvgIpc) is 2.04. The quantitative estimate of drug-likeness (QED) is 0.536. The molecule has 0 spiro atoms. The first-order chi connectivity index (χ1) is 6.09. The molecule has 3 heteroatoms. The highest BCUT2D eigenvalue weighted by Crippen LogP contribution is 2.06. The molecular weight excluding hydrogens is 168 g/mol. The van der Waals surface area contributed by atoms with Crippen molar-refractivity contribution in [3.8, 4) is 0 Å². The van der Waals surface area contributed by atoms with E-state index < -0.39 is 6.29 Å². The Morgan fingerprint density at radius 3 is 2.31 bits per heavy atom. The lowest BCUT2D eigenvalue weighted by molar-refractivity contribution is -0.0389. The van der Waals surface area contributed by atoms with Crippen LogP contribution in [0.1, 0.15) is 22.3 Å². The van der Waals surface area contributed by atoms with Gasteiger partial charge in [0.15, 0.2) is 12.1 Å². The lowest BCUT2D eigenvalue weighted by atomic mass is 10.1. The zero-order chi connectivity index (χ0) is 9.84. The van der Waals surface area contributed by atoms with E-state index in [1.54, 1.807) is 12.1 Å². The molecule has 1 aromatic carbocycles. The largest absolute Gasteiger partial charge is 0.368 e. The molecule has 0 atom stereocenters.